The van der Waals surface area contributed by atoms with Gasteiger partial charge in [-0.25, -0.2) is 0 Å². The highest BCUT2D eigenvalue weighted by molar-refractivity contribution is 5.94. The average molecular weight is 436 g/mol. The number of alkyl halides is 3. The van der Waals surface area contributed by atoms with E-state index in [1.165, 1.54) is 0 Å². The van der Waals surface area contributed by atoms with Crippen LogP contribution in [0.1, 0.15) is 34.3 Å². The summed E-state index contributed by atoms with van der Waals surface area (Å²) in [7, 11) is 0. The van der Waals surface area contributed by atoms with Gasteiger partial charge in [0.05, 0.1) is 18.7 Å². The Morgan fingerprint density at radius 3 is 2.23 bits per heavy atom. The Kier molecular flexibility index (Phi) is 9.33. The summed E-state index contributed by atoms with van der Waals surface area (Å²) in [5, 5.41) is 18.5. The molecular weight excluding hydrogens is 409 g/mol. The fourth-order valence-corrected chi connectivity index (χ4v) is 2.81. The molecule has 2 aromatic rings. The first-order chi connectivity index (χ1) is 14.8. The molecular formula is C22H27F3N4O2. The molecule has 0 aromatic heterocycles. The number of nitrogens with zero attached hydrogens (tertiary/aromatic N) is 1. The number of aliphatic hydroxyl groups is 1. The van der Waals surface area contributed by atoms with Crippen LogP contribution in [-0.4, -0.2) is 49.8 Å². The molecule has 0 spiro atoms. The Hall–Kier alpha value is -3.07. The summed E-state index contributed by atoms with van der Waals surface area (Å²) in [6.07, 6.45) is -4.43. The van der Waals surface area contributed by atoms with E-state index >= 15 is 0 Å². The van der Waals surface area contributed by atoms with Crippen molar-refractivity contribution in [1.82, 2.24) is 16.0 Å². The lowest BCUT2D eigenvalue weighted by molar-refractivity contribution is -0.137. The van der Waals surface area contributed by atoms with Crippen molar-refractivity contribution in [2.75, 3.05) is 32.8 Å². The Balaban J connectivity index is 1.83. The first-order valence-electron chi connectivity index (χ1n) is 9.98. The fraction of sp³-hybridized carbons (Fsp3) is 0.364. The van der Waals surface area contributed by atoms with Crippen molar-refractivity contribution >= 4 is 11.9 Å². The van der Waals surface area contributed by atoms with Crippen molar-refractivity contribution in [1.29, 1.82) is 0 Å². The van der Waals surface area contributed by atoms with Crippen LogP contribution in [0.4, 0.5) is 13.2 Å². The zero-order chi connectivity index (χ0) is 22.7. The molecule has 0 heterocycles. The predicted molar refractivity (Wildman–Crippen MR) is 114 cm³/mol. The molecule has 9 heteroatoms. The topological polar surface area (TPSA) is 85.8 Å². The summed E-state index contributed by atoms with van der Waals surface area (Å²) in [6, 6.07) is 13.7. The van der Waals surface area contributed by atoms with E-state index in [1.54, 1.807) is 0 Å². The zero-order valence-electron chi connectivity index (χ0n) is 17.2. The summed E-state index contributed by atoms with van der Waals surface area (Å²) >= 11 is 0. The van der Waals surface area contributed by atoms with E-state index in [2.05, 4.69) is 20.9 Å². The highest BCUT2D eigenvalue weighted by Crippen LogP contribution is 2.29. The predicted octanol–water partition coefficient (Wildman–Crippen LogP) is 2.77. The van der Waals surface area contributed by atoms with E-state index in [-0.39, 0.29) is 24.6 Å². The number of halogens is 3. The molecule has 1 atom stereocenters. The van der Waals surface area contributed by atoms with Crippen LogP contribution in [0.15, 0.2) is 59.6 Å². The minimum Gasteiger partial charge on any atom is -0.396 e. The maximum Gasteiger partial charge on any atom is 0.416 e. The minimum absolute atomic E-state index is 0.0316. The Morgan fingerprint density at radius 1 is 1.00 bits per heavy atom. The van der Waals surface area contributed by atoms with Crippen LogP contribution < -0.4 is 16.0 Å². The number of aliphatic imine (C=N–C) groups is 1. The molecule has 2 aromatic carbocycles. The number of benzene rings is 2. The molecule has 0 aliphatic rings. The van der Waals surface area contributed by atoms with Crippen molar-refractivity contribution < 1.29 is 23.1 Å². The number of carbonyl (C=O) groups excluding carboxylic acids is 1. The third-order valence-electron chi connectivity index (χ3n) is 4.48. The standard InChI is InChI=1S/C22H27F3N4O2/c1-2-26-21(29-14-18(15-30)16-6-4-3-5-7-16)28-13-12-27-20(31)17-8-10-19(11-9-17)22(23,24)25/h3-11,18,30H,2,12-15H2,1H3,(H,27,31)(H2,26,28,29). The molecule has 168 valence electrons. The SMILES string of the molecule is CCNC(=NCC(CO)c1ccccc1)NCCNC(=O)c1ccc(C(F)(F)F)cc1. The van der Waals surface area contributed by atoms with Gasteiger partial charge in [-0.2, -0.15) is 13.2 Å². The third-order valence-corrected chi connectivity index (χ3v) is 4.48. The van der Waals surface area contributed by atoms with E-state index in [0.29, 0.717) is 25.6 Å². The number of guanidine groups is 1. The fourth-order valence-electron chi connectivity index (χ4n) is 2.81. The van der Waals surface area contributed by atoms with E-state index in [1.807, 2.05) is 37.3 Å². The van der Waals surface area contributed by atoms with Gasteiger partial charge in [-0.1, -0.05) is 30.3 Å². The first-order valence-corrected chi connectivity index (χ1v) is 9.98. The molecule has 31 heavy (non-hydrogen) atoms. The first kappa shape index (κ1) is 24.2. The second-order valence-electron chi connectivity index (χ2n) is 6.77. The zero-order valence-corrected chi connectivity index (χ0v) is 17.2. The smallest absolute Gasteiger partial charge is 0.396 e. The van der Waals surface area contributed by atoms with Crippen molar-refractivity contribution in [3.8, 4) is 0 Å². The number of nitrogens with one attached hydrogen (secondary N) is 3. The molecule has 1 unspecified atom stereocenters. The lowest BCUT2D eigenvalue weighted by atomic mass is 10.0. The van der Waals surface area contributed by atoms with Crippen LogP contribution in [0.25, 0.3) is 0 Å². The van der Waals surface area contributed by atoms with E-state index in [0.717, 1.165) is 29.8 Å². The Bertz CT molecular complexity index is 840. The number of amides is 1. The Labute approximate surface area is 179 Å². The summed E-state index contributed by atoms with van der Waals surface area (Å²) < 4.78 is 37.8. The van der Waals surface area contributed by atoms with Crippen LogP contribution in [-0.2, 0) is 6.18 Å². The lowest BCUT2D eigenvalue weighted by Crippen LogP contribution is -2.41. The third kappa shape index (κ3) is 7.93. The van der Waals surface area contributed by atoms with Crippen LogP contribution in [0.2, 0.25) is 0 Å². The molecule has 0 aliphatic carbocycles. The van der Waals surface area contributed by atoms with Crippen LogP contribution in [0.3, 0.4) is 0 Å². The van der Waals surface area contributed by atoms with E-state index < -0.39 is 17.6 Å². The molecule has 4 N–H and O–H groups in total. The number of hydrogen-bond donors (Lipinski definition) is 4. The number of hydrogen-bond acceptors (Lipinski definition) is 3. The van der Waals surface area contributed by atoms with Crippen molar-refractivity contribution in [2.24, 2.45) is 4.99 Å². The van der Waals surface area contributed by atoms with Crippen molar-refractivity contribution in [3.05, 3.63) is 71.3 Å². The van der Waals surface area contributed by atoms with Gasteiger partial charge in [-0.05, 0) is 36.8 Å². The summed E-state index contributed by atoms with van der Waals surface area (Å²) in [5.41, 5.74) is 0.351. The van der Waals surface area contributed by atoms with Crippen LogP contribution in [0.5, 0.6) is 0 Å². The van der Waals surface area contributed by atoms with Gasteiger partial charge in [0.25, 0.3) is 5.91 Å². The molecule has 2 rings (SSSR count). The maximum atomic E-state index is 12.6. The minimum atomic E-state index is -4.43. The second kappa shape index (κ2) is 11.9. The van der Waals surface area contributed by atoms with Gasteiger partial charge >= 0.3 is 6.18 Å². The largest absolute Gasteiger partial charge is 0.416 e. The van der Waals surface area contributed by atoms with Crippen LogP contribution >= 0.6 is 0 Å². The highest BCUT2D eigenvalue weighted by atomic mass is 19.4. The van der Waals surface area contributed by atoms with Crippen LogP contribution in [0, 0.1) is 0 Å². The second-order valence-corrected chi connectivity index (χ2v) is 6.77. The molecule has 0 radical (unpaired) electrons. The van der Waals surface area contributed by atoms with Gasteiger partial charge in [0.2, 0.25) is 0 Å². The van der Waals surface area contributed by atoms with Gasteiger partial charge in [0, 0.05) is 31.1 Å². The normalized spacial score (nSPS) is 12.9. The number of carbonyl (C=O) groups is 1. The summed E-state index contributed by atoms with van der Waals surface area (Å²) in [4.78, 5) is 16.6. The monoisotopic (exact) mass is 436 g/mol. The van der Waals surface area contributed by atoms with Gasteiger partial charge in [-0.15, -0.1) is 0 Å². The molecule has 0 fully saturated rings. The molecule has 0 saturated heterocycles. The maximum absolute atomic E-state index is 12.6. The molecule has 0 bridgehead atoms. The lowest BCUT2D eigenvalue weighted by Gasteiger charge is -2.15. The van der Waals surface area contributed by atoms with Gasteiger partial charge < -0.3 is 21.1 Å². The summed E-state index contributed by atoms with van der Waals surface area (Å²) in [6.45, 7) is 3.53. The van der Waals surface area contributed by atoms with Crippen molar-refractivity contribution in [3.63, 3.8) is 0 Å². The van der Waals surface area contributed by atoms with Crippen molar-refractivity contribution in [2.45, 2.75) is 19.0 Å². The average Bonchev–Trinajstić information content (AvgIpc) is 2.77. The molecule has 0 saturated carbocycles. The number of rotatable bonds is 9. The summed E-state index contributed by atoms with van der Waals surface area (Å²) in [5.74, 6) is -0.0430. The quantitative estimate of drug-likeness (QED) is 0.277. The van der Waals surface area contributed by atoms with Gasteiger partial charge in [0.15, 0.2) is 5.96 Å². The highest BCUT2D eigenvalue weighted by Gasteiger charge is 2.30. The van der Waals surface area contributed by atoms with Gasteiger partial charge in [-0.3, -0.25) is 9.79 Å². The van der Waals surface area contributed by atoms with Gasteiger partial charge in [0.1, 0.15) is 0 Å². The molecule has 6 nitrogen and oxygen atoms in total. The molecule has 0 aliphatic heterocycles. The Morgan fingerprint density at radius 2 is 1.65 bits per heavy atom. The van der Waals surface area contributed by atoms with E-state index in [9.17, 15) is 23.1 Å². The van der Waals surface area contributed by atoms with E-state index in [4.69, 9.17) is 0 Å². The molecule has 1 amide bonds. The number of aliphatic hydroxyl groups excluding tert-OH is 1.